The number of nitro benzene ring substituents is 1. The van der Waals surface area contributed by atoms with Crippen LogP contribution >= 0.6 is 0 Å². The molecule has 1 rings (SSSR count). The number of nitrogens with one attached hydrogen (secondary N) is 1. The van der Waals surface area contributed by atoms with Gasteiger partial charge in [-0.1, -0.05) is 19.1 Å². The summed E-state index contributed by atoms with van der Waals surface area (Å²) < 4.78 is 0. The van der Waals surface area contributed by atoms with Gasteiger partial charge in [-0.25, -0.2) is 0 Å². The van der Waals surface area contributed by atoms with Gasteiger partial charge in [-0.3, -0.25) is 14.9 Å². The molecule has 0 aromatic heterocycles. The van der Waals surface area contributed by atoms with Crippen LogP contribution in [0.1, 0.15) is 31.7 Å². The molecule has 1 aromatic rings. The molecule has 0 aliphatic rings. The van der Waals surface area contributed by atoms with Crippen molar-refractivity contribution in [3.05, 3.63) is 39.9 Å². The molecule has 1 aromatic carbocycles. The van der Waals surface area contributed by atoms with E-state index in [2.05, 4.69) is 5.32 Å². The van der Waals surface area contributed by atoms with Crippen LogP contribution in [0.5, 0.6) is 0 Å². The van der Waals surface area contributed by atoms with Crippen LogP contribution in [0.15, 0.2) is 24.3 Å². The van der Waals surface area contributed by atoms with Gasteiger partial charge in [0, 0.05) is 12.1 Å². The summed E-state index contributed by atoms with van der Waals surface area (Å²) in [6.45, 7) is 3.42. The van der Waals surface area contributed by atoms with Gasteiger partial charge in [0.1, 0.15) is 0 Å². The number of hydrogen-bond donors (Lipinski definition) is 2. The summed E-state index contributed by atoms with van der Waals surface area (Å²) in [5, 5.41) is 22.4. The molecule has 0 saturated heterocycles. The van der Waals surface area contributed by atoms with Crippen LogP contribution in [-0.2, 0) is 4.79 Å². The lowest BCUT2D eigenvalue weighted by molar-refractivity contribution is -0.384. The smallest absolute Gasteiger partial charge is 0.269 e. The maximum absolute atomic E-state index is 12.0. The average molecular weight is 266 g/mol. The molecule has 0 saturated carbocycles. The second-order valence-corrected chi connectivity index (χ2v) is 4.37. The minimum Gasteiger partial charge on any atom is -0.394 e. The van der Waals surface area contributed by atoms with E-state index in [4.69, 9.17) is 5.11 Å². The normalized spacial score (nSPS) is 13.6. The molecule has 2 N–H and O–H groups in total. The van der Waals surface area contributed by atoms with Crippen molar-refractivity contribution in [2.24, 2.45) is 0 Å². The Morgan fingerprint density at radius 2 is 2.21 bits per heavy atom. The number of carbonyl (C=O) groups is 1. The fourth-order valence-corrected chi connectivity index (χ4v) is 1.66. The number of rotatable bonds is 6. The zero-order chi connectivity index (χ0) is 14.4. The van der Waals surface area contributed by atoms with Gasteiger partial charge in [0.25, 0.3) is 5.69 Å². The molecular weight excluding hydrogens is 248 g/mol. The van der Waals surface area contributed by atoms with Gasteiger partial charge in [0.05, 0.1) is 23.5 Å². The fourth-order valence-electron chi connectivity index (χ4n) is 1.66. The molecule has 6 nitrogen and oxygen atoms in total. The van der Waals surface area contributed by atoms with E-state index in [1.807, 2.05) is 6.92 Å². The molecule has 1 unspecified atom stereocenters. The van der Waals surface area contributed by atoms with Crippen LogP contribution < -0.4 is 5.32 Å². The molecule has 19 heavy (non-hydrogen) atoms. The zero-order valence-electron chi connectivity index (χ0n) is 11.0. The van der Waals surface area contributed by atoms with Gasteiger partial charge in [-0.15, -0.1) is 0 Å². The lowest BCUT2D eigenvalue weighted by atomic mass is 9.99. The van der Waals surface area contributed by atoms with E-state index in [-0.39, 0.29) is 24.2 Å². The highest BCUT2D eigenvalue weighted by Gasteiger charge is 2.19. The van der Waals surface area contributed by atoms with Crippen LogP contribution in [0.2, 0.25) is 0 Å². The highest BCUT2D eigenvalue weighted by atomic mass is 16.6. The quantitative estimate of drug-likeness (QED) is 0.604. The van der Waals surface area contributed by atoms with E-state index in [0.29, 0.717) is 12.0 Å². The Bertz CT molecular complexity index is 458. The molecule has 1 amide bonds. The predicted octanol–water partition coefficient (Wildman–Crippen LogP) is 1.59. The number of benzene rings is 1. The fraction of sp³-hybridized carbons (Fsp3) is 0.462. The molecule has 0 heterocycles. The Morgan fingerprint density at radius 3 is 2.74 bits per heavy atom. The Morgan fingerprint density at radius 1 is 1.53 bits per heavy atom. The number of nitro groups is 1. The van der Waals surface area contributed by atoms with Gasteiger partial charge in [-0.05, 0) is 18.9 Å². The third kappa shape index (κ3) is 4.03. The van der Waals surface area contributed by atoms with Crippen LogP contribution in [0.4, 0.5) is 5.69 Å². The predicted molar refractivity (Wildman–Crippen MR) is 70.8 cm³/mol. The summed E-state index contributed by atoms with van der Waals surface area (Å²) in [5.74, 6) is -0.748. The summed E-state index contributed by atoms with van der Waals surface area (Å²) >= 11 is 0. The Labute approximate surface area is 111 Å². The highest BCUT2D eigenvalue weighted by molar-refractivity contribution is 5.83. The second-order valence-electron chi connectivity index (χ2n) is 4.37. The van der Waals surface area contributed by atoms with Gasteiger partial charge < -0.3 is 10.4 Å². The van der Waals surface area contributed by atoms with Crippen molar-refractivity contribution in [3.8, 4) is 0 Å². The first-order valence-corrected chi connectivity index (χ1v) is 6.15. The van der Waals surface area contributed by atoms with Crippen LogP contribution in [0, 0.1) is 10.1 Å². The number of non-ortho nitro benzene ring substituents is 1. The summed E-state index contributed by atoms with van der Waals surface area (Å²) in [5.41, 5.74) is 0.547. The number of amides is 1. The second kappa shape index (κ2) is 6.84. The topological polar surface area (TPSA) is 92.5 Å². The number of aliphatic hydroxyl groups is 1. The molecule has 6 heteroatoms. The first-order chi connectivity index (χ1) is 8.99. The van der Waals surface area contributed by atoms with Crippen molar-refractivity contribution in [1.82, 2.24) is 5.32 Å². The van der Waals surface area contributed by atoms with Crippen molar-refractivity contribution in [1.29, 1.82) is 0 Å². The van der Waals surface area contributed by atoms with Crippen molar-refractivity contribution in [2.75, 3.05) is 6.61 Å². The summed E-state index contributed by atoms with van der Waals surface area (Å²) in [6, 6.07) is 5.73. The third-order valence-electron chi connectivity index (χ3n) is 3.03. The molecule has 0 aliphatic carbocycles. The van der Waals surface area contributed by atoms with Crippen molar-refractivity contribution in [3.63, 3.8) is 0 Å². The van der Waals surface area contributed by atoms with Crippen LogP contribution in [0.3, 0.4) is 0 Å². The summed E-state index contributed by atoms with van der Waals surface area (Å²) in [7, 11) is 0. The highest BCUT2D eigenvalue weighted by Crippen LogP contribution is 2.21. The van der Waals surface area contributed by atoms with Gasteiger partial charge in [-0.2, -0.15) is 0 Å². The molecule has 0 fully saturated rings. The largest absolute Gasteiger partial charge is 0.394 e. The zero-order valence-corrected chi connectivity index (χ0v) is 11.0. The van der Waals surface area contributed by atoms with E-state index in [9.17, 15) is 14.9 Å². The van der Waals surface area contributed by atoms with Crippen LogP contribution in [0.25, 0.3) is 0 Å². The molecule has 0 bridgehead atoms. The lowest BCUT2D eigenvalue weighted by Crippen LogP contribution is -2.39. The Hall–Kier alpha value is -1.95. The lowest BCUT2D eigenvalue weighted by Gasteiger charge is -2.18. The average Bonchev–Trinajstić information content (AvgIpc) is 2.43. The maximum Gasteiger partial charge on any atom is 0.269 e. The van der Waals surface area contributed by atoms with Crippen molar-refractivity contribution < 1.29 is 14.8 Å². The number of nitrogens with zero attached hydrogens (tertiary/aromatic N) is 1. The molecule has 0 aliphatic heterocycles. The van der Waals surface area contributed by atoms with Crippen molar-refractivity contribution >= 4 is 11.6 Å². The minimum atomic E-state index is -0.500. The number of hydrogen-bond acceptors (Lipinski definition) is 4. The minimum absolute atomic E-state index is 0.0358. The van der Waals surface area contributed by atoms with E-state index in [1.165, 1.54) is 12.1 Å². The molecular formula is C13H18N2O4. The van der Waals surface area contributed by atoms with Gasteiger partial charge in [0.2, 0.25) is 5.91 Å². The van der Waals surface area contributed by atoms with Crippen molar-refractivity contribution in [2.45, 2.75) is 32.2 Å². The molecule has 104 valence electrons. The first-order valence-electron chi connectivity index (χ1n) is 6.15. The third-order valence-corrected chi connectivity index (χ3v) is 3.03. The van der Waals surface area contributed by atoms with E-state index in [0.717, 1.165) is 0 Å². The first kappa shape index (κ1) is 15.1. The van der Waals surface area contributed by atoms with Gasteiger partial charge in [0.15, 0.2) is 0 Å². The Balaban J connectivity index is 2.81. The van der Waals surface area contributed by atoms with E-state index < -0.39 is 10.8 Å². The molecule has 0 radical (unpaired) electrons. The number of carbonyl (C=O) groups excluding carboxylic acids is 1. The number of aliphatic hydroxyl groups excluding tert-OH is 1. The molecule has 0 spiro atoms. The standard InChI is InChI=1S/C13H18N2O4/c1-3-11(8-16)14-13(17)9(2)10-5-4-6-12(7-10)15(18)19/h4-7,9,11,16H,3,8H2,1-2H3,(H,14,17)/t9?,11-/m1/s1. The summed E-state index contributed by atoms with van der Waals surface area (Å²) in [6.07, 6.45) is 0.629. The summed E-state index contributed by atoms with van der Waals surface area (Å²) in [4.78, 5) is 22.2. The maximum atomic E-state index is 12.0. The van der Waals surface area contributed by atoms with E-state index >= 15 is 0 Å². The Kier molecular flexibility index (Phi) is 5.44. The SMILES string of the molecule is CC[C@H](CO)NC(=O)C(C)c1cccc([N+](=O)[O-])c1. The van der Waals surface area contributed by atoms with Gasteiger partial charge >= 0.3 is 0 Å². The molecule has 2 atom stereocenters. The van der Waals surface area contributed by atoms with E-state index in [1.54, 1.807) is 19.1 Å². The van der Waals surface area contributed by atoms with Crippen LogP contribution in [-0.4, -0.2) is 28.6 Å². The monoisotopic (exact) mass is 266 g/mol.